The lowest BCUT2D eigenvalue weighted by molar-refractivity contribution is -0.113. The number of carbonyl (C=O) groups is 1. The van der Waals surface area contributed by atoms with Gasteiger partial charge in [0.05, 0.1) is 24.0 Å². The van der Waals surface area contributed by atoms with Gasteiger partial charge < -0.3 is 10.1 Å². The Kier molecular flexibility index (Phi) is 7.22. The number of aromatic amines is 1. The molecule has 1 aliphatic rings. The highest BCUT2D eigenvalue weighted by Gasteiger charge is 2.32. The number of nitriles is 1. The summed E-state index contributed by atoms with van der Waals surface area (Å²) >= 11 is 8.86. The molecular weight excluding hydrogens is 490 g/mol. The van der Waals surface area contributed by atoms with Gasteiger partial charge in [0.15, 0.2) is 5.82 Å². The van der Waals surface area contributed by atoms with Crippen molar-refractivity contribution in [3.63, 3.8) is 0 Å². The van der Waals surface area contributed by atoms with Gasteiger partial charge in [0.25, 0.3) is 0 Å². The fourth-order valence-corrected chi connectivity index (χ4v) is 6.19. The number of nitrogens with zero attached hydrogens (tertiary/aromatic N) is 3. The number of anilines is 1. The standard InChI is InChI=1S/C24H26ClN5O2S2/c1-24(2,3)13-5-7-15-17(11-26)22(34-19(15)9-13)27-20(31)12-33-23-28-21(29-30-23)16-10-14(25)6-8-18(16)32-4/h6,8,10,13H,5,7,9,12H2,1-4H3,(H,27,31)(H,28,29,30)/t13-/m1/s1. The summed E-state index contributed by atoms with van der Waals surface area (Å²) in [5, 5.41) is 21.4. The molecule has 0 unspecified atom stereocenters. The molecule has 10 heteroatoms. The molecule has 1 amide bonds. The van der Waals surface area contributed by atoms with Crippen LogP contribution in [0.25, 0.3) is 11.4 Å². The number of hydrogen-bond acceptors (Lipinski definition) is 7. The Labute approximate surface area is 212 Å². The van der Waals surface area contributed by atoms with Crippen molar-refractivity contribution in [3.05, 3.63) is 39.2 Å². The molecule has 7 nitrogen and oxygen atoms in total. The number of methoxy groups -OCH3 is 1. The Morgan fingerprint density at radius 3 is 2.94 bits per heavy atom. The topological polar surface area (TPSA) is 104 Å². The summed E-state index contributed by atoms with van der Waals surface area (Å²) in [6.45, 7) is 6.79. The van der Waals surface area contributed by atoms with Crippen LogP contribution in [0.2, 0.25) is 5.02 Å². The molecule has 0 bridgehead atoms. The molecule has 4 rings (SSSR count). The molecule has 0 saturated carbocycles. The zero-order valence-electron chi connectivity index (χ0n) is 19.5. The van der Waals surface area contributed by atoms with Gasteiger partial charge in [-0.25, -0.2) is 4.98 Å². The molecule has 0 spiro atoms. The number of thiophene rings is 1. The number of amides is 1. The molecule has 1 atom stereocenters. The molecule has 1 aromatic carbocycles. The van der Waals surface area contributed by atoms with Gasteiger partial charge in [-0.05, 0) is 54.4 Å². The Balaban J connectivity index is 1.42. The first kappa shape index (κ1) is 24.6. The first-order valence-electron chi connectivity index (χ1n) is 10.9. The van der Waals surface area contributed by atoms with Crippen LogP contribution in [0.1, 0.15) is 43.2 Å². The van der Waals surface area contributed by atoms with Gasteiger partial charge in [0.2, 0.25) is 11.1 Å². The van der Waals surface area contributed by atoms with Gasteiger partial charge in [0.1, 0.15) is 16.8 Å². The van der Waals surface area contributed by atoms with E-state index in [2.05, 4.69) is 47.3 Å². The average Bonchev–Trinajstić information content (AvgIpc) is 3.40. The quantitative estimate of drug-likeness (QED) is 0.393. The van der Waals surface area contributed by atoms with E-state index in [4.69, 9.17) is 16.3 Å². The maximum atomic E-state index is 12.7. The van der Waals surface area contributed by atoms with Crippen molar-refractivity contribution in [1.82, 2.24) is 15.2 Å². The Hall–Kier alpha value is -2.54. The molecule has 0 fully saturated rings. The van der Waals surface area contributed by atoms with Crippen LogP contribution in [0.15, 0.2) is 23.4 Å². The van der Waals surface area contributed by atoms with Gasteiger partial charge >= 0.3 is 0 Å². The van der Waals surface area contributed by atoms with E-state index >= 15 is 0 Å². The van der Waals surface area contributed by atoms with Crippen LogP contribution in [-0.2, 0) is 17.6 Å². The second kappa shape index (κ2) is 9.98. The highest BCUT2D eigenvalue weighted by Crippen LogP contribution is 2.44. The van der Waals surface area contributed by atoms with Gasteiger partial charge in [-0.15, -0.1) is 16.4 Å². The summed E-state index contributed by atoms with van der Waals surface area (Å²) in [5.74, 6) is 1.63. The number of benzene rings is 1. The number of halogens is 1. The molecule has 2 heterocycles. The van der Waals surface area contributed by atoms with Crippen molar-refractivity contribution >= 4 is 45.6 Å². The number of fused-ring (bicyclic) bond motifs is 1. The highest BCUT2D eigenvalue weighted by atomic mass is 35.5. The second-order valence-electron chi connectivity index (χ2n) is 9.27. The minimum absolute atomic E-state index is 0.127. The monoisotopic (exact) mass is 515 g/mol. The Morgan fingerprint density at radius 1 is 1.44 bits per heavy atom. The summed E-state index contributed by atoms with van der Waals surface area (Å²) in [7, 11) is 1.57. The SMILES string of the molecule is COc1ccc(Cl)cc1-c1nc(SCC(=O)Nc2sc3c(c2C#N)CC[C@@H](C(C)(C)C)C3)n[nH]1. The van der Waals surface area contributed by atoms with Gasteiger partial charge in [0, 0.05) is 9.90 Å². The van der Waals surface area contributed by atoms with Crippen molar-refractivity contribution in [2.75, 3.05) is 18.2 Å². The largest absolute Gasteiger partial charge is 0.496 e. The smallest absolute Gasteiger partial charge is 0.235 e. The third kappa shape index (κ3) is 5.24. The Bertz CT molecular complexity index is 1260. The predicted octanol–water partition coefficient (Wildman–Crippen LogP) is 5.95. The minimum atomic E-state index is -0.195. The highest BCUT2D eigenvalue weighted by molar-refractivity contribution is 7.99. The molecule has 0 saturated heterocycles. The van der Waals surface area contributed by atoms with Crippen LogP contribution in [0.5, 0.6) is 5.75 Å². The van der Waals surface area contributed by atoms with E-state index in [0.29, 0.717) is 43.8 Å². The van der Waals surface area contributed by atoms with E-state index in [1.54, 1.807) is 25.3 Å². The summed E-state index contributed by atoms with van der Waals surface area (Å²) in [5.41, 5.74) is 2.62. The first-order chi connectivity index (χ1) is 16.2. The molecule has 2 N–H and O–H groups in total. The van der Waals surface area contributed by atoms with E-state index in [1.165, 1.54) is 28.0 Å². The van der Waals surface area contributed by atoms with Crippen LogP contribution in [0.3, 0.4) is 0 Å². The minimum Gasteiger partial charge on any atom is -0.496 e. The normalized spacial score (nSPS) is 15.5. The van der Waals surface area contributed by atoms with E-state index in [0.717, 1.165) is 24.8 Å². The number of rotatable bonds is 6. The number of carbonyl (C=O) groups excluding carboxylic acids is 1. The van der Waals surface area contributed by atoms with E-state index in [9.17, 15) is 10.1 Å². The molecule has 1 aliphatic carbocycles. The third-order valence-corrected chi connectivity index (χ3v) is 8.32. The number of H-pyrrole nitrogens is 1. The van der Waals surface area contributed by atoms with Gasteiger partial charge in [-0.2, -0.15) is 5.26 Å². The zero-order chi connectivity index (χ0) is 24.5. The van der Waals surface area contributed by atoms with Crippen molar-refractivity contribution in [2.24, 2.45) is 11.3 Å². The zero-order valence-corrected chi connectivity index (χ0v) is 21.9. The van der Waals surface area contributed by atoms with Gasteiger partial charge in [-0.1, -0.05) is 44.1 Å². The molecule has 3 aromatic rings. The molecule has 178 valence electrons. The number of aromatic nitrogens is 3. The number of nitrogens with one attached hydrogen (secondary N) is 2. The number of ether oxygens (including phenoxy) is 1. The third-order valence-electron chi connectivity index (χ3n) is 6.07. The number of hydrogen-bond donors (Lipinski definition) is 2. The number of thioether (sulfide) groups is 1. The van der Waals surface area contributed by atoms with Crippen LogP contribution in [-0.4, -0.2) is 34.0 Å². The van der Waals surface area contributed by atoms with Crippen molar-refractivity contribution in [1.29, 1.82) is 5.26 Å². The van der Waals surface area contributed by atoms with E-state index in [-0.39, 0.29) is 17.1 Å². The maximum Gasteiger partial charge on any atom is 0.235 e. The van der Waals surface area contributed by atoms with Crippen LogP contribution < -0.4 is 10.1 Å². The lowest BCUT2D eigenvalue weighted by atomic mass is 9.72. The molecule has 0 aliphatic heterocycles. The molecular formula is C24H26ClN5O2S2. The van der Waals surface area contributed by atoms with Crippen LogP contribution in [0, 0.1) is 22.7 Å². The average molecular weight is 516 g/mol. The molecule has 34 heavy (non-hydrogen) atoms. The van der Waals surface area contributed by atoms with Crippen molar-refractivity contribution in [2.45, 2.75) is 45.2 Å². The lowest BCUT2D eigenvalue weighted by Crippen LogP contribution is -2.26. The second-order valence-corrected chi connectivity index (χ2v) is 11.8. The lowest BCUT2D eigenvalue weighted by Gasteiger charge is -2.33. The summed E-state index contributed by atoms with van der Waals surface area (Å²) in [4.78, 5) is 18.4. The summed E-state index contributed by atoms with van der Waals surface area (Å²) < 4.78 is 5.37. The predicted molar refractivity (Wildman–Crippen MR) is 137 cm³/mol. The first-order valence-corrected chi connectivity index (χ1v) is 13.1. The van der Waals surface area contributed by atoms with Crippen molar-refractivity contribution < 1.29 is 9.53 Å². The van der Waals surface area contributed by atoms with Crippen LogP contribution in [0.4, 0.5) is 5.00 Å². The van der Waals surface area contributed by atoms with Crippen molar-refractivity contribution in [3.8, 4) is 23.2 Å². The molecule has 0 radical (unpaired) electrons. The maximum absolute atomic E-state index is 12.7. The van der Waals surface area contributed by atoms with E-state index in [1.807, 2.05) is 0 Å². The Morgan fingerprint density at radius 2 is 2.24 bits per heavy atom. The summed E-state index contributed by atoms with van der Waals surface area (Å²) in [6, 6.07) is 7.55. The summed E-state index contributed by atoms with van der Waals surface area (Å²) in [6.07, 6.45) is 2.90. The van der Waals surface area contributed by atoms with E-state index < -0.39 is 0 Å². The fraction of sp³-hybridized carbons (Fsp3) is 0.417. The van der Waals surface area contributed by atoms with Gasteiger partial charge in [-0.3, -0.25) is 9.89 Å². The fourth-order valence-electron chi connectivity index (χ4n) is 4.12. The van der Waals surface area contributed by atoms with Crippen LogP contribution >= 0.6 is 34.7 Å². The molecule has 2 aromatic heterocycles.